The monoisotopic (exact) mass is 417 g/mol. The number of piperidine rings is 1. The van der Waals surface area contributed by atoms with Gasteiger partial charge in [0.15, 0.2) is 0 Å². The Bertz CT molecular complexity index is 935. The molecule has 4 rings (SSSR count). The molecule has 2 aromatic carbocycles. The Morgan fingerprint density at radius 2 is 1.70 bits per heavy atom. The largest absolute Gasteiger partial charge is 0.416 e. The molecule has 0 unspecified atom stereocenters. The molecule has 5 nitrogen and oxygen atoms in total. The van der Waals surface area contributed by atoms with Gasteiger partial charge < -0.3 is 15.1 Å². The molecule has 0 saturated carbocycles. The lowest BCUT2D eigenvalue weighted by molar-refractivity contribution is -0.137. The van der Waals surface area contributed by atoms with Gasteiger partial charge in [-0.2, -0.15) is 13.2 Å². The average molecular weight is 417 g/mol. The van der Waals surface area contributed by atoms with Crippen LogP contribution in [0.2, 0.25) is 0 Å². The quantitative estimate of drug-likeness (QED) is 0.829. The fourth-order valence-electron chi connectivity index (χ4n) is 4.11. The van der Waals surface area contributed by atoms with Gasteiger partial charge in [-0.25, -0.2) is 0 Å². The van der Waals surface area contributed by atoms with E-state index in [4.69, 9.17) is 0 Å². The molecule has 8 heteroatoms. The number of likely N-dealkylation sites (tertiary alicyclic amines) is 1. The molecule has 1 N–H and O–H groups in total. The van der Waals surface area contributed by atoms with Gasteiger partial charge in [0.25, 0.3) is 0 Å². The van der Waals surface area contributed by atoms with E-state index in [1.807, 2.05) is 24.3 Å². The minimum absolute atomic E-state index is 0.0468. The zero-order valence-electron chi connectivity index (χ0n) is 16.3. The second kappa shape index (κ2) is 8.01. The molecular formula is C22H22F3N3O2. The summed E-state index contributed by atoms with van der Waals surface area (Å²) in [6, 6.07) is 12.6. The summed E-state index contributed by atoms with van der Waals surface area (Å²) in [7, 11) is 0. The number of anilines is 2. The van der Waals surface area contributed by atoms with Gasteiger partial charge in [-0.3, -0.25) is 9.59 Å². The lowest BCUT2D eigenvalue weighted by Gasteiger charge is -2.41. The Labute approximate surface area is 172 Å². The van der Waals surface area contributed by atoms with Crippen LogP contribution in [-0.2, 0) is 22.2 Å². The van der Waals surface area contributed by atoms with Crippen LogP contribution in [0.1, 0.15) is 24.0 Å². The highest BCUT2D eigenvalue weighted by Crippen LogP contribution is 2.33. The number of para-hydroxylation sites is 2. The molecule has 0 spiro atoms. The van der Waals surface area contributed by atoms with E-state index >= 15 is 0 Å². The van der Waals surface area contributed by atoms with Crippen LogP contribution >= 0.6 is 0 Å². The summed E-state index contributed by atoms with van der Waals surface area (Å²) in [5, 5.41) is 2.88. The minimum atomic E-state index is -4.38. The number of carbonyl (C=O) groups excluding carboxylic acids is 2. The summed E-state index contributed by atoms with van der Waals surface area (Å²) >= 11 is 0. The number of nitrogens with one attached hydrogen (secondary N) is 1. The van der Waals surface area contributed by atoms with Crippen LogP contribution in [0, 0.1) is 0 Å². The normalized spacial score (nSPS) is 17.5. The Kier molecular flexibility index (Phi) is 5.40. The maximum atomic E-state index is 12.7. The van der Waals surface area contributed by atoms with Gasteiger partial charge in [0, 0.05) is 19.1 Å². The third-order valence-electron chi connectivity index (χ3n) is 5.70. The molecule has 0 aliphatic carbocycles. The zero-order valence-corrected chi connectivity index (χ0v) is 16.3. The highest BCUT2D eigenvalue weighted by atomic mass is 19.4. The van der Waals surface area contributed by atoms with Crippen molar-refractivity contribution in [3.63, 3.8) is 0 Å². The van der Waals surface area contributed by atoms with Gasteiger partial charge in [-0.05, 0) is 42.7 Å². The molecule has 30 heavy (non-hydrogen) atoms. The third kappa shape index (κ3) is 4.27. The van der Waals surface area contributed by atoms with Crippen molar-refractivity contribution in [1.82, 2.24) is 4.90 Å². The Morgan fingerprint density at radius 1 is 1.03 bits per heavy atom. The van der Waals surface area contributed by atoms with E-state index in [0.717, 1.165) is 36.3 Å². The topological polar surface area (TPSA) is 52.7 Å². The second-order valence-electron chi connectivity index (χ2n) is 7.68. The molecule has 2 amide bonds. The van der Waals surface area contributed by atoms with Crippen molar-refractivity contribution < 1.29 is 22.8 Å². The molecule has 1 saturated heterocycles. The zero-order chi connectivity index (χ0) is 21.3. The maximum absolute atomic E-state index is 12.7. The molecular weight excluding hydrogens is 395 g/mol. The SMILES string of the molecule is O=C1CN(C2CCN(C(=O)Cc3ccc(C(F)(F)F)cc3)CC2)c2ccccc2N1. The van der Waals surface area contributed by atoms with Crippen molar-refractivity contribution in [1.29, 1.82) is 0 Å². The highest BCUT2D eigenvalue weighted by molar-refractivity contribution is 6.01. The fraction of sp³-hybridized carbons (Fsp3) is 0.364. The molecule has 2 aliphatic rings. The summed E-state index contributed by atoms with van der Waals surface area (Å²) in [6.07, 6.45) is -2.83. The molecule has 2 aliphatic heterocycles. The number of fused-ring (bicyclic) bond motifs is 1. The van der Waals surface area contributed by atoms with Crippen molar-refractivity contribution in [3.8, 4) is 0 Å². The summed E-state index contributed by atoms with van der Waals surface area (Å²) in [6.45, 7) is 1.41. The van der Waals surface area contributed by atoms with Crippen LogP contribution in [-0.4, -0.2) is 42.4 Å². The van der Waals surface area contributed by atoms with Crippen LogP contribution in [0.25, 0.3) is 0 Å². The van der Waals surface area contributed by atoms with Crippen molar-refractivity contribution in [3.05, 3.63) is 59.7 Å². The smallest absolute Gasteiger partial charge is 0.357 e. The highest BCUT2D eigenvalue weighted by Gasteiger charge is 2.32. The summed E-state index contributed by atoms with van der Waals surface area (Å²) in [5.41, 5.74) is 1.64. The maximum Gasteiger partial charge on any atom is 0.416 e. The van der Waals surface area contributed by atoms with Crippen molar-refractivity contribution in [2.24, 2.45) is 0 Å². The van der Waals surface area contributed by atoms with Crippen molar-refractivity contribution in [2.75, 3.05) is 29.9 Å². The lowest BCUT2D eigenvalue weighted by atomic mass is 9.99. The van der Waals surface area contributed by atoms with Gasteiger partial charge in [0.05, 0.1) is 29.9 Å². The van der Waals surface area contributed by atoms with Crippen molar-refractivity contribution in [2.45, 2.75) is 31.5 Å². The van der Waals surface area contributed by atoms with Gasteiger partial charge >= 0.3 is 6.18 Å². The number of hydrogen-bond donors (Lipinski definition) is 1. The molecule has 2 aromatic rings. The first-order valence-corrected chi connectivity index (χ1v) is 9.91. The number of hydrogen-bond acceptors (Lipinski definition) is 3. The average Bonchev–Trinajstić information content (AvgIpc) is 2.73. The predicted molar refractivity (Wildman–Crippen MR) is 107 cm³/mol. The second-order valence-corrected chi connectivity index (χ2v) is 7.68. The van der Waals surface area contributed by atoms with E-state index in [1.165, 1.54) is 12.1 Å². The number of amides is 2. The first-order chi connectivity index (χ1) is 14.3. The molecule has 0 radical (unpaired) electrons. The summed E-state index contributed by atoms with van der Waals surface area (Å²) in [5.74, 6) is -0.139. The van der Waals surface area contributed by atoms with Crippen LogP contribution < -0.4 is 10.2 Å². The van der Waals surface area contributed by atoms with Crippen LogP contribution in [0.15, 0.2) is 48.5 Å². The number of halogens is 3. The number of rotatable bonds is 3. The standard InChI is InChI=1S/C22H22F3N3O2/c23-22(24,25)16-7-5-15(6-8-16)13-21(30)27-11-9-17(10-12-27)28-14-20(29)26-18-3-1-2-4-19(18)28/h1-8,17H,9-14H2,(H,26,29). The van der Waals surface area contributed by atoms with E-state index < -0.39 is 11.7 Å². The van der Waals surface area contributed by atoms with E-state index in [-0.39, 0.29) is 24.3 Å². The van der Waals surface area contributed by atoms with Gasteiger partial charge in [-0.1, -0.05) is 24.3 Å². The number of carbonyl (C=O) groups is 2. The fourth-order valence-corrected chi connectivity index (χ4v) is 4.11. The first-order valence-electron chi connectivity index (χ1n) is 9.91. The summed E-state index contributed by atoms with van der Waals surface area (Å²) < 4.78 is 38.0. The Morgan fingerprint density at radius 3 is 2.37 bits per heavy atom. The molecule has 0 atom stereocenters. The predicted octanol–water partition coefficient (Wildman–Crippen LogP) is 3.70. The van der Waals surface area contributed by atoms with E-state index in [0.29, 0.717) is 25.2 Å². The van der Waals surface area contributed by atoms with E-state index in [1.54, 1.807) is 4.90 Å². The van der Waals surface area contributed by atoms with Crippen LogP contribution in [0.4, 0.5) is 24.5 Å². The number of alkyl halides is 3. The molecule has 0 aromatic heterocycles. The Balaban J connectivity index is 1.36. The van der Waals surface area contributed by atoms with E-state index in [9.17, 15) is 22.8 Å². The molecule has 158 valence electrons. The third-order valence-corrected chi connectivity index (χ3v) is 5.70. The molecule has 0 bridgehead atoms. The first kappa shape index (κ1) is 20.3. The van der Waals surface area contributed by atoms with Gasteiger partial charge in [0.2, 0.25) is 11.8 Å². The van der Waals surface area contributed by atoms with Crippen molar-refractivity contribution >= 4 is 23.2 Å². The lowest BCUT2D eigenvalue weighted by Crippen LogP contribution is -2.50. The van der Waals surface area contributed by atoms with Crippen LogP contribution in [0.3, 0.4) is 0 Å². The van der Waals surface area contributed by atoms with Crippen LogP contribution in [0.5, 0.6) is 0 Å². The molecule has 1 fully saturated rings. The number of nitrogens with zero attached hydrogens (tertiary/aromatic N) is 2. The van der Waals surface area contributed by atoms with Gasteiger partial charge in [-0.15, -0.1) is 0 Å². The number of benzene rings is 2. The summed E-state index contributed by atoms with van der Waals surface area (Å²) in [4.78, 5) is 28.5. The minimum Gasteiger partial charge on any atom is -0.357 e. The Hall–Kier alpha value is -3.03. The molecule has 2 heterocycles. The van der Waals surface area contributed by atoms with E-state index in [2.05, 4.69) is 10.2 Å². The van der Waals surface area contributed by atoms with Gasteiger partial charge in [0.1, 0.15) is 0 Å².